The van der Waals surface area contributed by atoms with Crippen LogP contribution in [0.4, 0.5) is 4.39 Å². The number of fused-ring (bicyclic) bond motifs is 1. The number of H-pyrrole nitrogens is 1. The van der Waals surface area contributed by atoms with Gasteiger partial charge in [0.1, 0.15) is 23.2 Å². The van der Waals surface area contributed by atoms with E-state index in [0.29, 0.717) is 46.9 Å². The number of aromatic amines is 1. The molecule has 0 aliphatic carbocycles. The second-order valence-corrected chi connectivity index (χ2v) is 5.18. The molecule has 114 valence electrons. The first-order valence-electron chi connectivity index (χ1n) is 7.02. The predicted octanol–water partition coefficient (Wildman–Crippen LogP) is 2.88. The number of imidazole rings is 1. The molecule has 22 heavy (non-hydrogen) atoms. The third-order valence-corrected chi connectivity index (χ3v) is 3.43. The van der Waals surface area contributed by atoms with Crippen LogP contribution in [-0.4, -0.2) is 22.4 Å². The minimum atomic E-state index is -0.304. The number of nitrogens with one attached hydrogen (secondary N) is 2. The maximum atomic E-state index is 13.1. The summed E-state index contributed by atoms with van der Waals surface area (Å²) in [5, 5.41) is 2.82. The Labute approximate surface area is 126 Å². The number of amides is 1. The molecule has 3 aromatic rings. The van der Waals surface area contributed by atoms with Gasteiger partial charge in [-0.05, 0) is 38.1 Å². The molecule has 0 aliphatic rings. The zero-order chi connectivity index (χ0) is 15.7. The lowest BCUT2D eigenvalue weighted by Gasteiger charge is -2.02. The van der Waals surface area contributed by atoms with Crippen molar-refractivity contribution in [3.8, 4) is 0 Å². The average Bonchev–Trinajstić information content (AvgIpc) is 3.00. The Morgan fingerprint density at radius 1 is 1.36 bits per heavy atom. The average molecular weight is 301 g/mol. The molecular weight excluding hydrogens is 285 g/mol. The molecule has 3 rings (SSSR count). The predicted molar refractivity (Wildman–Crippen MR) is 80.3 cm³/mol. The first-order valence-corrected chi connectivity index (χ1v) is 7.02. The molecule has 1 amide bonds. The van der Waals surface area contributed by atoms with E-state index in [1.807, 2.05) is 0 Å². The lowest BCUT2D eigenvalue weighted by atomic mass is 10.2. The van der Waals surface area contributed by atoms with Gasteiger partial charge in [-0.1, -0.05) is 0 Å². The number of benzene rings is 1. The first kappa shape index (κ1) is 14.3. The summed E-state index contributed by atoms with van der Waals surface area (Å²) in [5.41, 5.74) is 1.91. The second-order valence-electron chi connectivity index (χ2n) is 5.18. The molecule has 0 saturated carbocycles. The number of aromatic nitrogens is 2. The summed E-state index contributed by atoms with van der Waals surface area (Å²) in [7, 11) is 0. The Hall–Kier alpha value is -2.63. The molecule has 0 spiro atoms. The van der Waals surface area contributed by atoms with E-state index in [0.717, 1.165) is 0 Å². The number of hydrogen-bond donors (Lipinski definition) is 2. The lowest BCUT2D eigenvalue weighted by Crippen LogP contribution is -2.26. The van der Waals surface area contributed by atoms with Crippen LogP contribution in [0.25, 0.3) is 11.0 Å². The fourth-order valence-corrected chi connectivity index (χ4v) is 2.40. The van der Waals surface area contributed by atoms with Crippen molar-refractivity contribution in [2.75, 3.05) is 6.54 Å². The van der Waals surface area contributed by atoms with Gasteiger partial charge in [-0.3, -0.25) is 4.79 Å². The Morgan fingerprint density at radius 3 is 2.91 bits per heavy atom. The molecule has 0 atom stereocenters. The van der Waals surface area contributed by atoms with Crippen molar-refractivity contribution in [1.82, 2.24) is 15.3 Å². The quantitative estimate of drug-likeness (QED) is 0.778. The first-order chi connectivity index (χ1) is 10.5. The normalized spacial score (nSPS) is 11.0. The molecule has 2 aromatic heterocycles. The smallest absolute Gasteiger partial charge is 0.254 e. The molecule has 0 bridgehead atoms. The number of rotatable bonds is 4. The summed E-state index contributed by atoms with van der Waals surface area (Å²) >= 11 is 0. The maximum absolute atomic E-state index is 13.1. The SMILES string of the molecule is Cc1cc(C(=O)NCCc2nc3ccc(F)cc3[nH]2)c(C)o1. The van der Waals surface area contributed by atoms with Gasteiger partial charge in [0, 0.05) is 13.0 Å². The van der Waals surface area contributed by atoms with E-state index < -0.39 is 0 Å². The van der Waals surface area contributed by atoms with E-state index in [2.05, 4.69) is 15.3 Å². The van der Waals surface area contributed by atoms with Crippen LogP contribution in [0.2, 0.25) is 0 Å². The number of nitrogens with zero attached hydrogens (tertiary/aromatic N) is 1. The van der Waals surface area contributed by atoms with Crippen molar-refractivity contribution in [3.63, 3.8) is 0 Å². The van der Waals surface area contributed by atoms with Gasteiger partial charge in [-0.15, -0.1) is 0 Å². The number of carbonyl (C=O) groups excluding carboxylic acids is 1. The molecular formula is C16H16FN3O2. The Morgan fingerprint density at radius 2 is 2.18 bits per heavy atom. The van der Waals surface area contributed by atoms with Gasteiger partial charge in [0.05, 0.1) is 16.6 Å². The topological polar surface area (TPSA) is 70.9 Å². The summed E-state index contributed by atoms with van der Waals surface area (Å²) in [4.78, 5) is 19.4. The third kappa shape index (κ3) is 2.86. The number of furan rings is 1. The van der Waals surface area contributed by atoms with E-state index >= 15 is 0 Å². The van der Waals surface area contributed by atoms with Crippen LogP contribution in [0, 0.1) is 19.7 Å². The highest BCUT2D eigenvalue weighted by atomic mass is 19.1. The van der Waals surface area contributed by atoms with E-state index in [-0.39, 0.29) is 11.7 Å². The molecule has 1 aromatic carbocycles. The van der Waals surface area contributed by atoms with Crippen LogP contribution < -0.4 is 5.32 Å². The highest BCUT2D eigenvalue weighted by Crippen LogP contribution is 2.14. The number of halogens is 1. The Balaban J connectivity index is 1.62. The lowest BCUT2D eigenvalue weighted by molar-refractivity contribution is 0.0952. The number of carbonyl (C=O) groups is 1. The molecule has 0 unspecified atom stereocenters. The van der Waals surface area contributed by atoms with Crippen molar-refractivity contribution >= 4 is 16.9 Å². The summed E-state index contributed by atoms with van der Waals surface area (Å²) in [6, 6.07) is 6.12. The van der Waals surface area contributed by atoms with Crippen molar-refractivity contribution in [3.05, 3.63) is 53.0 Å². The Bertz CT molecular complexity index is 835. The molecule has 0 aliphatic heterocycles. The van der Waals surface area contributed by atoms with Crippen LogP contribution in [0.3, 0.4) is 0 Å². The van der Waals surface area contributed by atoms with Gasteiger partial charge in [0.2, 0.25) is 0 Å². The second kappa shape index (κ2) is 5.63. The van der Waals surface area contributed by atoms with Gasteiger partial charge in [-0.25, -0.2) is 9.37 Å². The summed E-state index contributed by atoms with van der Waals surface area (Å²) in [6.45, 7) is 4.00. The number of aryl methyl sites for hydroxylation is 2. The van der Waals surface area contributed by atoms with Crippen molar-refractivity contribution < 1.29 is 13.6 Å². The van der Waals surface area contributed by atoms with E-state index in [1.54, 1.807) is 26.0 Å². The molecule has 0 saturated heterocycles. The third-order valence-electron chi connectivity index (χ3n) is 3.43. The summed E-state index contributed by atoms with van der Waals surface area (Å²) in [6.07, 6.45) is 0.540. The molecule has 0 fully saturated rings. The van der Waals surface area contributed by atoms with Gasteiger partial charge >= 0.3 is 0 Å². The fourth-order valence-electron chi connectivity index (χ4n) is 2.40. The van der Waals surface area contributed by atoms with Crippen LogP contribution in [0.1, 0.15) is 27.7 Å². The van der Waals surface area contributed by atoms with Crippen molar-refractivity contribution in [1.29, 1.82) is 0 Å². The maximum Gasteiger partial charge on any atom is 0.254 e. The summed E-state index contributed by atoms with van der Waals surface area (Å²) < 4.78 is 18.5. The molecule has 0 radical (unpaired) electrons. The zero-order valence-corrected chi connectivity index (χ0v) is 12.4. The highest BCUT2D eigenvalue weighted by molar-refractivity contribution is 5.95. The van der Waals surface area contributed by atoms with Crippen LogP contribution in [0.15, 0.2) is 28.7 Å². The highest BCUT2D eigenvalue weighted by Gasteiger charge is 2.13. The standard InChI is InChI=1S/C16H16FN3O2/c1-9-7-12(10(2)22-9)16(21)18-6-5-15-19-13-4-3-11(17)8-14(13)20-15/h3-4,7-8H,5-6H2,1-2H3,(H,18,21)(H,19,20). The van der Waals surface area contributed by atoms with Crippen LogP contribution >= 0.6 is 0 Å². The largest absolute Gasteiger partial charge is 0.466 e. The molecule has 2 N–H and O–H groups in total. The van der Waals surface area contributed by atoms with Gasteiger partial charge < -0.3 is 14.7 Å². The minimum Gasteiger partial charge on any atom is -0.466 e. The van der Waals surface area contributed by atoms with Gasteiger partial charge in [0.25, 0.3) is 5.91 Å². The van der Waals surface area contributed by atoms with E-state index in [9.17, 15) is 9.18 Å². The van der Waals surface area contributed by atoms with E-state index in [1.165, 1.54) is 12.1 Å². The van der Waals surface area contributed by atoms with Gasteiger partial charge in [0.15, 0.2) is 0 Å². The van der Waals surface area contributed by atoms with Crippen LogP contribution in [0.5, 0.6) is 0 Å². The van der Waals surface area contributed by atoms with Gasteiger partial charge in [-0.2, -0.15) is 0 Å². The van der Waals surface area contributed by atoms with Crippen LogP contribution in [-0.2, 0) is 6.42 Å². The van der Waals surface area contributed by atoms with E-state index in [4.69, 9.17) is 4.42 Å². The zero-order valence-electron chi connectivity index (χ0n) is 12.4. The Kier molecular flexibility index (Phi) is 3.66. The molecule has 6 heteroatoms. The molecule has 2 heterocycles. The monoisotopic (exact) mass is 301 g/mol. The molecule has 5 nitrogen and oxygen atoms in total. The number of hydrogen-bond acceptors (Lipinski definition) is 3. The fraction of sp³-hybridized carbons (Fsp3) is 0.250. The minimum absolute atomic E-state index is 0.170. The van der Waals surface area contributed by atoms with Crippen molar-refractivity contribution in [2.45, 2.75) is 20.3 Å². The van der Waals surface area contributed by atoms with Crippen molar-refractivity contribution in [2.24, 2.45) is 0 Å². The summed E-state index contributed by atoms with van der Waals surface area (Å²) in [5.74, 6) is 1.55.